The van der Waals surface area contributed by atoms with Crippen LogP contribution in [-0.2, 0) is 6.42 Å². The summed E-state index contributed by atoms with van der Waals surface area (Å²) < 4.78 is 2.34. The number of aryl methyl sites for hydroxylation is 1. The molecule has 0 N–H and O–H groups in total. The molecule has 2 aromatic heterocycles. The van der Waals surface area contributed by atoms with Crippen LogP contribution in [0.2, 0.25) is 0 Å². The molecule has 94 valence electrons. The zero-order chi connectivity index (χ0) is 12.3. The van der Waals surface area contributed by atoms with Crippen molar-refractivity contribution in [3.05, 3.63) is 41.2 Å². The summed E-state index contributed by atoms with van der Waals surface area (Å²) in [6.45, 7) is 3.52. The number of piperidine rings is 1. The Balaban J connectivity index is 1.98. The lowest BCUT2D eigenvalue weighted by molar-refractivity contribution is 0.156. The molecule has 2 atom stereocenters. The number of pyridine rings is 1. The Morgan fingerprint density at radius 1 is 1.33 bits per heavy atom. The van der Waals surface area contributed by atoms with E-state index in [1.165, 1.54) is 36.9 Å². The van der Waals surface area contributed by atoms with Crippen molar-refractivity contribution >= 4 is 5.52 Å². The van der Waals surface area contributed by atoms with Gasteiger partial charge in [0.15, 0.2) is 0 Å². The maximum absolute atomic E-state index is 2.58. The molecule has 1 aliphatic heterocycles. The predicted octanol–water partition coefficient (Wildman–Crippen LogP) is 2.98. The maximum Gasteiger partial charge on any atom is 0.0520 e. The van der Waals surface area contributed by atoms with E-state index in [4.69, 9.17) is 0 Å². The van der Waals surface area contributed by atoms with Gasteiger partial charge in [-0.1, -0.05) is 6.07 Å². The highest BCUT2D eigenvalue weighted by Gasteiger charge is 2.36. The number of hydrogen-bond donors (Lipinski definition) is 0. The molecule has 0 saturated carbocycles. The molecule has 2 heteroatoms. The van der Waals surface area contributed by atoms with Crippen molar-refractivity contribution in [1.82, 2.24) is 9.30 Å². The minimum atomic E-state index is 0.721. The first kappa shape index (κ1) is 10.6. The third kappa shape index (κ3) is 1.27. The van der Waals surface area contributed by atoms with Gasteiger partial charge in [0, 0.05) is 24.4 Å². The zero-order valence-corrected chi connectivity index (χ0v) is 11.2. The molecule has 0 spiro atoms. The lowest BCUT2D eigenvalue weighted by Gasteiger charge is -2.42. The van der Waals surface area contributed by atoms with Gasteiger partial charge in [-0.05, 0) is 62.5 Å². The quantitative estimate of drug-likeness (QED) is 0.687. The predicted molar refractivity (Wildman–Crippen MR) is 74.2 cm³/mol. The lowest BCUT2D eigenvalue weighted by Crippen LogP contribution is -2.44. The SMILES string of the molecule is Cc1cn2cccc3c2c1C[C@@H]1[C@@H]3CCCN1C. The summed E-state index contributed by atoms with van der Waals surface area (Å²) in [6.07, 6.45) is 8.43. The smallest absolute Gasteiger partial charge is 0.0520 e. The highest BCUT2D eigenvalue weighted by Crippen LogP contribution is 2.42. The van der Waals surface area contributed by atoms with Crippen LogP contribution in [0.15, 0.2) is 24.5 Å². The number of aromatic nitrogens is 1. The van der Waals surface area contributed by atoms with E-state index in [2.05, 4.69) is 47.8 Å². The van der Waals surface area contributed by atoms with E-state index in [0.29, 0.717) is 0 Å². The summed E-state index contributed by atoms with van der Waals surface area (Å²) >= 11 is 0. The van der Waals surface area contributed by atoms with Crippen molar-refractivity contribution in [3.8, 4) is 0 Å². The Morgan fingerprint density at radius 3 is 3.11 bits per heavy atom. The number of nitrogens with zero attached hydrogens (tertiary/aromatic N) is 2. The fraction of sp³-hybridized carbons (Fsp3) is 0.500. The van der Waals surface area contributed by atoms with Crippen LogP contribution in [0.25, 0.3) is 5.52 Å². The van der Waals surface area contributed by atoms with Crippen molar-refractivity contribution < 1.29 is 0 Å². The topological polar surface area (TPSA) is 7.65 Å². The third-order valence-electron chi connectivity index (χ3n) is 5.02. The number of hydrogen-bond acceptors (Lipinski definition) is 1. The monoisotopic (exact) mass is 240 g/mol. The number of likely N-dealkylation sites (N-methyl/N-ethyl adjacent to an activating group) is 1. The first-order valence-corrected chi connectivity index (χ1v) is 7.05. The molecule has 0 unspecified atom stereocenters. The number of rotatable bonds is 0. The van der Waals surface area contributed by atoms with Gasteiger partial charge in [0.1, 0.15) is 0 Å². The minimum Gasteiger partial charge on any atom is -0.323 e. The van der Waals surface area contributed by atoms with Crippen LogP contribution in [0.3, 0.4) is 0 Å². The summed E-state index contributed by atoms with van der Waals surface area (Å²) in [6, 6.07) is 5.29. The molecule has 1 fully saturated rings. The molecule has 2 aromatic rings. The van der Waals surface area contributed by atoms with Crippen LogP contribution in [0.5, 0.6) is 0 Å². The first-order chi connectivity index (χ1) is 8.75. The molecule has 0 amide bonds. The van der Waals surface area contributed by atoms with Gasteiger partial charge in [-0.2, -0.15) is 0 Å². The van der Waals surface area contributed by atoms with Crippen LogP contribution in [0.1, 0.15) is 35.4 Å². The Morgan fingerprint density at radius 2 is 2.22 bits per heavy atom. The Bertz CT molecular complexity index is 611. The van der Waals surface area contributed by atoms with E-state index in [-0.39, 0.29) is 0 Å². The maximum atomic E-state index is 2.58. The van der Waals surface area contributed by atoms with E-state index < -0.39 is 0 Å². The Hall–Kier alpha value is -1.28. The Labute approximate surface area is 108 Å². The van der Waals surface area contributed by atoms with Gasteiger partial charge in [-0.3, -0.25) is 0 Å². The van der Waals surface area contributed by atoms with Gasteiger partial charge < -0.3 is 9.30 Å². The van der Waals surface area contributed by atoms with Gasteiger partial charge in [0.2, 0.25) is 0 Å². The van der Waals surface area contributed by atoms with Crippen LogP contribution < -0.4 is 0 Å². The molecule has 4 rings (SSSR count). The molecule has 0 bridgehead atoms. The summed E-state index contributed by atoms with van der Waals surface area (Å²) in [7, 11) is 2.30. The second-order valence-electron chi connectivity index (χ2n) is 6.01. The van der Waals surface area contributed by atoms with Crippen molar-refractivity contribution in [1.29, 1.82) is 0 Å². The molecule has 0 radical (unpaired) electrons. The summed E-state index contributed by atoms with van der Waals surface area (Å²) in [5, 5.41) is 0. The van der Waals surface area contributed by atoms with Gasteiger partial charge in [0.05, 0.1) is 5.52 Å². The van der Waals surface area contributed by atoms with Crippen molar-refractivity contribution in [2.24, 2.45) is 0 Å². The molecule has 2 aliphatic rings. The van der Waals surface area contributed by atoms with Gasteiger partial charge in [-0.15, -0.1) is 0 Å². The van der Waals surface area contributed by atoms with E-state index in [1.54, 1.807) is 11.1 Å². The normalized spacial score (nSPS) is 27.4. The van der Waals surface area contributed by atoms with E-state index >= 15 is 0 Å². The summed E-state index contributed by atoms with van der Waals surface area (Å²) in [5.41, 5.74) is 6.13. The molecular weight excluding hydrogens is 220 g/mol. The van der Waals surface area contributed by atoms with Crippen molar-refractivity contribution in [2.45, 2.75) is 38.1 Å². The summed E-state index contributed by atoms with van der Waals surface area (Å²) in [4.78, 5) is 2.58. The Kier molecular flexibility index (Phi) is 2.13. The van der Waals surface area contributed by atoms with Crippen molar-refractivity contribution in [3.63, 3.8) is 0 Å². The highest BCUT2D eigenvalue weighted by atomic mass is 15.1. The average Bonchev–Trinajstić information content (AvgIpc) is 2.69. The first-order valence-electron chi connectivity index (χ1n) is 7.05. The second-order valence-corrected chi connectivity index (χ2v) is 6.01. The van der Waals surface area contributed by atoms with E-state index in [0.717, 1.165) is 12.0 Å². The molecule has 1 saturated heterocycles. The zero-order valence-electron chi connectivity index (χ0n) is 11.2. The van der Waals surface area contributed by atoms with Crippen LogP contribution in [0.4, 0.5) is 0 Å². The third-order valence-corrected chi connectivity index (χ3v) is 5.02. The van der Waals surface area contributed by atoms with E-state index in [1.807, 2.05) is 0 Å². The van der Waals surface area contributed by atoms with Gasteiger partial charge >= 0.3 is 0 Å². The van der Waals surface area contributed by atoms with Gasteiger partial charge in [-0.25, -0.2) is 0 Å². The molecule has 18 heavy (non-hydrogen) atoms. The molecule has 1 aliphatic carbocycles. The highest BCUT2D eigenvalue weighted by molar-refractivity contribution is 5.68. The van der Waals surface area contributed by atoms with Crippen molar-refractivity contribution in [2.75, 3.05) is 13.6 Å². The standard InChI is InChI=1S/C16H20N2/c1-11-10-18-8-4-6-13-12-5-3-7-17(2)15(12)9-14(11)16(13)18/h4,6,8,10,12,15H,3,5,7,9H2,1-2H3/t12-,15-/m1/s1. The number of fused-ring (bicyclic) bond motifs is 2. The van der Waals surface area contributed by atoms with Gasteiger partial charge in [0.25, 0.3) is 0 Å². The fourth-order valence-electron chi connectivity index (χ4n) is 4.11. The minimum absolute atomic E-state index is 0.721. The largest absolute Gasteiger partial charge is 0.323 e. The molecule has 3 heterocycles. The molecule has 0 aromatic carbocycles. The second kappa shape index (κ2) is 3.61. The fourth-order valence-corrected chi connectivity index (χ4v) is 4.11. The lowest BCUT2D eigenvalue weighted by atomic mass is 9.76. The van der Waals surface area contributed by atoms with E-state index in [9.17, 15) is 0 Å². The molecule has 2 nitrogen and oxygen atoms in total. The van der Waals surface area contributed by atoms with Crippen LogP contribution >= 0.6 is 0 Å². The average molecular weight is 240 g/mol. The molecular formula is C16H20N2. The van der Waals surface area contributed by atoms with Crippen LogP contribution in [0, 0.1) is 6.92 Å². The summed E-state index contributed by atoms with van der Waals surface area (Å²) in [5.74, 6) is 0.745. The van der Waals surface area contributed by atoms with Crippen LogP contribution in [-0.4, -0.2) is 28.9 Å². The number of likely N-dealkylation sites (tertiary alicyclic amines) is 1.